The van der Waals surface area contributed by atoms with Crippen LogP contribution in [0.3, 0.4) is 0 Å². The van der Waals surface area contributed by atoms with Gasteiger partial charge in [-0.15, -0.1) is 0 Å². The first kappa shape index (κ1) is 10.5. The minimum absolute atomic E-state index is 0.170. The molecule has 0 aliphatic carbocycles. The molecule has 0 spiro atoms. The van der Waals surface area contributed by atoms with Gasteiger partial charge < -0.3 is 10.1 Å². The smallest absolute Gasteiger partial charge is 0.302 e. The molecule has 76 valence electrons. The van der Waals surface area contributed by atoms with Crippen LogP contribution in [-0.4, -0.2) is 25.2 Å². The van der Waals surface area contributed by atoms with Crippen LogP contribution in [0.4, 0.5) is 0 Å². The Labute approximate surface area is 79.8 Å². The number of esters is 1. The minimum atomic E-state index is -0.170. The van der Waals surface area contributed by atoms with Crippen LogP contribution < -0.4 is 5.32 Å². The fourth-order valence-electron chi connectivity index (χ4n) is 1.72. The standard InChI is InChI=1S/C10H19NO2/c1-9(12)13-8-4-6-10-5-2-3-7-11-10/h10-11H,2-8H2,1H3/t10-/m1/s1. The molecule has 1 fully saturated rings. The van der Waals surface area contributed by atoms with E-state index in [1.807, 2.05) is 0 Å². The van der Waals surface area contributed by atoms with Crippen LogP contribution in [0.2, 0.25) is 0 Å². The van der Waals surface area contributed by atoms with Gasteiger partial charge >= 0.3 is 5.97 Å². The molecule has 0 unspecified atom stereocenters. The molecule has 3 heteroatoms. The van der Waals surface area contributed by atoms with Crippen LogP contribution in [0.1, 0.15) is 39.0 Å². The summed E-state index contributed by atoms with van der Waals surface area (Å²) in [5.41, 5.74) is 0. The molecule has 0 aromatic rings. The summed E-state index contributed by atoms with van der Waals surface area (Å²) in [7, 11) is 0. The molecule has 1 saturated heterocycles. The molecule has 0 amide bonds. The fraction of sp³-hybridized carbons (Fsp3) is 0.900. The van der Waals surface area contributed by atoms with Crippen molar-refractivity contribution in [3.63, 3.8) is 0 Å². The third-order valence-corrected chi connectivity index (χ3v) is 2.41. The van der Waals surface area contributed by atoms with Gasteiger partial charge in [0.1, 0.15) is 0 Å². The lowest BCUT2D eigenvalue weighted by molar-refractivity contribution is -0.141. The van der Waals surface area contributed by atoms with Crippen molar-refractivity contribution in [2.75, 3.05) is 13.2 Å². The average molecular weight is 185 g/mol. The van der Waals surface area contributed by atoms with Gasteiger partial charge in [-0.2, -0.15) is 0 Å². The molecular formula is C10H19NO2. The second-order valence-electron chi connectivity index (χ2n) is 3.63. The summed E-state index contributed by atoms with van der Waals surface area (Å²) < 4.78 is 4.87. The highest BCUT2D eigenvalue weighted by atomic mass is 16.5. The minimum Gasteiger partial charge on any atom is -0.466 e. The lowest BCUT2D eigenvalue weighted by Gasteiger charge is -2.23. The maximum absolute atomic E-state index is 10.5. The topological polar surface area (TPSA) is 38.3 Å². The second-order valence-corrected chi connectivity index (χ2v) is 3.63. The van der Waals surface area contributed by atoms with E-state index in [2.05, 4.69) is 5.32 Å². The summed E-state index contributed by atoms with van der Waals surface area (Å²) in [6.45, 7) is 3.19. The van der Waals surface area contributed by atoms with E-state index < -0.39 is 0 Å². The van der Waals surface area contributed by atoms with Gasteiger partial charge in [0.05, 0.1) is 6.61 Å². The third-order valence-electron chi connectivity index (χ3n) is 2.41. The zero-order chi connectivity index (χ0) is 9.52. The predicted molar refractivity (Wildman–Crippen MR) is 51.5 cm³/mol. The summed E-state index contributed by atoms with van der Waals surface area (Å²) >= 11 is 0. The van der Waals surface area contributed by atoms with Gasteiger partial charge in [-0.1, -0.05) is 6.42 Å². The van der Waals surface area contributed by atoms with Gasteiger partial charge in [0.25, 0.3) is 0 Å². The molecule has 1 rings (SSSR count). The van der Waals surface area contributed by atoms with Gasteiger partial charge in [-0.05, 0) is 32.2 Å². The maximum atomic E-state index is 10.5. The molecular weight excluding hydrogens is 166 g/mol. The monoisotopic (exact) mass is 185 g/mol. The molecule has 1 atom stereocenters. The molecule has 1 aliphatic rings. The highest BCUT2D eigenvalue weighted by Gasteiger charge is 2.11. The van der Waals surface area contributed by atoms with E-state index in [1.54, 1.807) is 0 Å². The molecule has 13 heavy (non-hydrogen) atoms. The molecule has 0 aromatic heterocycles. The Balaban J connectivity index is 1.95. The molecule has 1 heterocycles. The van der Waals surface area contributed by atoms with Crippen molar-refractivity contribution in [1.82, 2.24) is 5.32 Å². The first-order chi connectivity index (χ1) is 6.29. The number of carbonyl (C=O) groups is 1. The van der Waals surface area contributed by atoms with Gasteiger partial charge in [0.15, 0.2) is 0 Å². The van der Waals surface area contributed by atoms with Crippen molar-refractivity contribution < 1.29 is 9.53 Å². The van der Waals surface area contributed by atoms with Crippen molar-refractivity contribution >= 4 is 5.97 Å². The predicted octanol–water partition coefficient (Wildman–Crippen LogP) is 1.47. The van der Waals surface area contributed by atoms with Gasteiger partial charge in [0.2, 0.25) is 0 Å². The van der Waals surface area contributed by atoms with Crippen LogP contribution >= 0.6 is 0 Å². The summed E-state index contributed by atoms with van der Waals surface area (Å²) in [5.74, 6) is -0.170. The maximum Gasteiger partial charge on any atom is 0.302 e. The largest absolute Gasteiger partial charge is 0.466 e. The number of hydrogen-bond acceptors (Lipinski definition) is 3. The van der Waals surface area contributed by atoms with E-state index in [0.717, 1.165) is 19.4 Å². The van der Waals surface area contributed by atoms with Crippen molar-refractivity contribution in [2.24, 2.45) is 0 Å². The fourth-order valence-corrected chi connectivity index (χ4v) is 1.72. The highest BCUT2D eigenvalue weighted by molar-refractivity contribution is 5.65. The Morgan fingerprint density at radius 1 is 1.54 bits per heavy atom. The summed E-state index contributed by atoms with van der Waals surface area (Å²) in [6.07, 6.45) is 6.04. The zero-order valence-corrected chi connectivity index (χ0v) is 8.34. The molecule has 1 aliphatic heterocycles. The number of carbonyl (C=O) groups excluding carboxylic acids is 1. The van der Waals surface area contributed by atoms with Crippen molar-refractivity contribution in [1.29, 1.82) is 0 Å². The van der Waals surface area contributed by atoms with Gasteiger partial charge in [-0.25, -0.2) is 0 Å². The van der Waals surface area contributed by atoms with Crippen molar-refractivity contribution in [3.8, 4) is 0 Å². The van der Waals surface area contributed by atoms with Crippen molar-refractivity contribution in [2.45, 2.75) is 45.1 Å². The summed E-state index contributed by atoms with van der Waals surface area (Å²) in [6, 6.07) is 0.657. The first-order valence-electron chi connectivity index (χ1n) is 5.16. The molecule has 0 saturated carbocycles. The first-order valence-corrected chi connectivity index (χ1v) is 5.16. The van der Waals surface area contributed by atoms with Crippen LogP contribution in [0, 0.1) is 0 Å². The van der Waals surface area contributed by atoms with E-state index in [4.69, 9.17) is 4.74 Å². The lowest BCUT2D eigenvalue weighted by Crippen LogP contribution is -2.34. The Kier molecular flexibility index (Phi) is 4.83. The number of piperidine rings is 1. The van der Waals surface area contributed by atoms with Gasteiger partial charge in [0, 0.05) is 13.0 Å². The van der Waals surface area contributed by atoms with E-state index in [-0.39, 0.29) is 5.97 Å². The Bertz CT molecular complexity index is 153. The van der Waals surface area contributed by atoms with Crippen LogP contribution in [-0.2, 0) is 9.53 Å². The quantitative estimate of drug-likeness (QED) is 0.532. The second kappa shape index (κ2) is 5.97. The van der Waals surface area contributed by atoms with Crippen molar-refractivity contribution in [3.05, 3.63) is 0 Å². The Morgan fingerprint density at radius 2 is 2.38 bits per heavy atom. The number of hydrogen-bond donors (Lipinski definition) is 1. The summed E-state index contributed by atoms with van der Waals surface area (Å²) in [4.78, 5) is 10.5. The van der Waals surface area contributed by atoms with E-state index in [1.165, 1.54) is 26.2 Å². The SMILES string of the molecule is CC(=O)OCCC[C@H]1CCCCN1. The lowest BCUT2D eigenvalue weighted by atomic mass is 10.0. The third kappa shape index (κ3) is 4.88. The summed E-state index contributed by atoms with van der Waals surface area (Å²) in [5, 5.41) is 3.47. The average Bonchev–Trinajstić information content (AvgIpc) is 2.14. The highest BCUT2D eigenvalue weighted by Crippen LogP contribution is 2.11. The number of nitrogens with one attached hydrogen (secondary N) is 1. The molecule has 0 aromatic carbocycles. The van der Waals surface area contributed by atoms with Crippen LogP contribution in [0.5, 0.6) is 0 Å². The number of ether oxygens (including phenoxy) is 1. The molecule has 1 N–H and O–H groups in total. The Morgan fingerprint density at radius 3 is 3.00 bits per heavy atom. The normalized spacial score (nSPS) is 22.7. The van der Waals surface area contributed by atoms with E-state index in [0.29, 0.717) is 12.6 Å². The Hall–Kier alpha value is -0.570. The zero-order valence-electron chi connectivity index (χ0n) is 8.34. The molecule has 0 bridgehead atoms. The number of rotatable bonds is 4. The van der Waals surface area contributed by atoms with E-state index in [9.17, 15) is 4.79 Å². The molecule has 3 nitrogen and oxygen atoms in total. The van der Waals surface area contributed by atoms with E-state index >= 15 is 0 Å². The van der Waals surface area contributed by atoms with Crippen LogP contribution in [0.15, 0.2) is 0 Å². The van der Waals surface area contributed by atoms with Gasteiger partial charge in [-0.3, -0.25) is 4.79 Å². The van der Waals surface area contributed by atoms with Crippen LogP contribution in [0.25, 0.3) is 0 Å². The molecule has 0 radical (unpaired) electrons.